The van der Waals surface area contributed by atoms with Gasteiger partial charge < -0.3 is 10.2 Å². The molecule has 2 N–H and O–H groups in total. The molecular formula is C19H18F2N4O. The fourth-order valence-electron chi connectivity index (χ4n) is 2.51. The Labute approximate surface area is 149 Å². The number of aromatic nitrogens is 2. The van der Waals surface area contributed by atoms with Crippen molar-refractivity contribution in [3.05, 3.63) is 59.3 Å². The van der Waals surface area contributed by atoms with E-state index >= 15 is 0 Å². The third-order valence-corrected chi connectivity index (χ3v) is 3.72. The first-order valence-corrected chi connectivity index (χ1v) is 7.98. The lowest BCUT2D eigenvalue weighted by molar-refractivity contribution is -0.116. The molecule has 0 aliphatic heterocycles. The maximum absolute atomic E-state index is 14.2. The number of likely N-dealkylation sites (N-methyl/N-ethyl adjacent to an activating group) is 1. The van der Waals surface area contributed by atoms with Gasteiger partial charge in [-0.3, -0.25) is 9.89 Å². The van der Waals surface area contributed by atoms with Crippen LogP contribution >= 0.6 is 0 Å². The summed E-state index contributed by atoms with van der Waals surface area (Å²) in [5, 5.41) is 10.2. The van der Waals surface area contributed by atoms with E-state index in [0.29, 0.717) is 16.6 Å². The molecule has 134 valence electrons. The highest BCUT2D eigenvalue weighted by atomic mass is 19.1. The molecule has 3 aromatic rings. The Hall–Kier alpha value is -3.06. The van der Waals surface area contributed by atoms with Crippen LogP contribution in [0.25, 0.3) is 23.1 Å². The topological polar surface area (TPSA) is 61.0 Å². The predicted octanol–water partition coefficient (Wildman–Crippen LogP) is 3.51. The molecule has 0 bridgehead atoms. The Morgan fingerprint density at radius 2 is 1.92 bits per heavy atom. The number of H-pyrrole nitrogens is 1. The molecule has 0 saturated heterocycles. The van der Waals surface area contributed by atoms with Crippen LogP contribution in [-0.4, -0.2) is 41.6 Å². The fourth-order valence-corrected chi connectivity index (χ4v) is 2.51. The molecule has 0 aliphatic carbocycles. The molecule has 0 radical (unpaired) electrons. The number of rotatable bonds is 5. The van der Waals surface area contributed by atoms with E-state index in [9.17, 15) is 13.6 Å². The van der Waals surface area contributed by atoms with Crippen molar-refractivity contribution >= 4 is 34.6 Å². The normalized spacial score (nSPS) is 11.6. The summed E-state index contributed by atoms with van der Waals surface area (Å²) >= 11 is 0. The van der Waals surface area contributed by atoms with Crippen LogP contribution in [0, 0.1) is 11.6 Å². The Morgan fingerprint density at radius 1 is 1.19 bits per heavy atom. The van der Waals surface area contributed by atoms with Crippen LogP contribution < -0.4 is 5.32 Å². The van der Waals surface area contributed by atoms with Gasteiger partial charge in [-0.25, -0.2) is 8.78 Å². The lowest BCUT2D eigenvalue weighted by Gasteiger charge is -2.10. The number of benzene rings is 2. The largest absolute Gasteiger partial charge is 0.322 e. The van der Waals surface area contributed by atoms with Crippen molar-refractivity contribution < 1.29 is 13.6 Å². The first-order chi connectivity index (χ1) is 12.4. The van der Waals surface area contributed by atoms with Gasteiger partial charge in [-0.1, -0.05) is 18.2 Å². The van der Waals surface area contributed by atoms with E-state index in [-0.39, 0.29) is 24.0 Å². The van der Waals surface area contributed by atoms with Crippen LogP contribution in [-0.2, 0) is 4.79 Å². The average Bonchev–Trinajstić information content (AvgIpc) is 2.96. The summed E-state index contributed by atoms with van der Waals surface area (Å²) in [6.45, 7) is 0.153. The number of carbonyl (C=O) groups is 1. The molecule has 26 heavy (non-hydrogen) atoms. The molecule has 7 heteroatoms. The van der Waals surface area contributed by atoms with Gasteiger partial charge in [-0.05, 0) is 43.9 Å². The number of halogens is 2. The predicted molar refractivity (Wildman–Crippen MR) is 98.6 cm³/mol. The van der Waals surface area contributed by atoms with Crippen molar-refractivity contribution in [3.8, 4) is 0 Å². The van der Waals surface area contributed by atoms with Crippen molar-refractivity contribution in [2.75, 3.05) is 26.0 Å². The summed E-state index contributed by atoms with van der Waals surface area (Å²) in [5.41, 5.74) is 2.02. The maximum Gasteiger partial charge on any atom is 0.238 e. The highest BCUT2D eigenvalue weighted by Gasteiger charge is 2.12. The van der Waals surface area contributed by atoms with Gasteiger partial charge in [-0.2, -0.15) is 5.10 Å². The molecule has 1 aromatic heterocycles. The highest BCUT2D eigenvalue weighted by molar-refractivity contribution is 5.97. The van der Waals surface area contributed by atoms with Crippen LogP contribution in [0.4, 0.5) is 14.5 Å². The van der Waals surface area contributed by atoms with E-state index < -0.39 is 5.82 Å². The minimum atomic E-state index is -0.540. The Bertz CT molecular complexity index is 962. The number of aromatic amines is 1. The molecule has 3 rings (SSSR count). The molecular weight excluding hydrogens is 338 g/mol. The first kappa shape index (κ1) is 17.8. The number of hydrogen-bond acceptors (Lipinski definition) is 3. The smallest absolute Gasteiger partial charge is 0.238 e. The molecule has 0 unspecified atom stereocenters. The summed E-state index contributed by atoms with van der Waals surface area (Å²) in [7, 11) is 3.51. The van der Waals surface area contributed by atoms with Gasteiger partial charge in [0.25, 0.3) is 0 Å². The van der Waals surface area contributed by atoms with E-state index in [1.54, 1.807) is 49.3 Å². The van der Waals surface area contributed by atoms with Crippen molar-refractivity contribution in [2.45, 2.75) is 0 Å². The van der Waals surface area contributed by atoms with E-state index in [2.05, 4.69) is 15.5 Å². The Kier molecular flexibility index (Phi) is 5.09. The monoisotopic (exact) mass is 356 g/mol. The Morgan fingerprint density at radius 3 is 2.62 bits per heavy atom. The maximum atomic E-state index is 14.2. The molecule has 0 fully saturated rings. The van der Waals surface area contributed by atoms with E-state index in [4.69, 9.17) is 0 Å². The zero-order chi connectivity index (χ0) is 18.7. The van der Waals surface area contributed by atoms with Crippen LogP contribution in [0.15, 0.2) is 36.4 Å². The number of nitrogens with one attached hydrogen (secondary N) is 2. The second kappa shape index (κ2) is 7.45. The van der Waals surface area contributed by atoms with Gasteiger partial charge in [0, 0.05) is 11.5 Å². The van der Waals surface area contributed by atoms with Crippen molar-refractivity contribution in [2.24, 2.45) is 0 Å². The third kappa shape index (κ3) is 4.12. The lowest BCUT2D eigenvalue weighted by atomic mass is 10.1. The summed E-state index contributed by atoms with van der Waals surface area (Å²) in [4.78, 5) is 13.6. The summed E-state index contributed by atoms with van der Waals surface area (Å²) < 4.78 is 27.1. The number of fused-ring (bicyclic) bond motifs is 1. The van der Waals surface area contributed by atoms with Crippen molar-refractivity contribution in [3.63, 3.8) is 0 Å². The number of hydrogen-bond donors (Lipinski definition) is 2. The number of nitrogens with zero attached hydrogens (tertiary/aromatic N) is 2. The minimum Gasteiger partial charge on any atom is -0.322 e. The number of carbonyl (C=O) groups excluding carboxylic acids is 1. The molecule has 1 heterocycles. The summed E-state index contributed by atoms with van der Waals surface area (Å²) in [5.74, 6) is -1.15. The highest BCUT2D eigenvalue weighted by Crippen LogP contribution is 2.25. The van der Waals surface area contributed by atoms with Gasteiger partial charge in [-0.15, -0.1) is 0 Å². The molecule has 0 spiro atoms. The van der Waals surface area contributed by atoms with Crippen LogP contribution in [0.3, 0.4) is 0 Å². The van der Waals surface area contributed by atoms with E-state index in [1.165, 1.54) is 18.2 Å². The summed E-state index contributed by atoms with van der Waals surface area (Å²) in [6, 6.07) is 8.88. The van der Waals surface area contributed by atoms with Crippen molar-refractivity contribution in [1.82, 2.24) is 15.1 Å². The van der Waals surface area contributed by atoms with Gasteiger partial charge in [0.05, 0.1) is 23.4 Å². The van der Waals surface area contributed by atoms with Crippen molar-refractivity contribution in [1.29, 1.82) is 0 Å². The summed E-state index contributed by atoms with van der Waals surface area (Å²) in [6.07, 6.45) is 3.53. The third-order valence-electron chi connectivity index (χ3n) is 3.72. The Balaban J connectivity index is 1.89. The molecule has 0 aliphatic rings. The zero-order valence-corrected chi connectivity index (χ0v) is 14.4. The van der Waals surface area contributed by atoms with Crippen LogP contribution in [0.5, 0.6) is 0 Å². The average molecular weight is 356 g/mol. The quantitative estimate of drug-likeness (QED) is 0.735. The minimum absolute atomic E-state index is 0.0992. The molecule has 0 atom stereocenters. The molecule has 1 amide bonds. The van der Waals surface area contributed by atoms with Crippen LogP contribution in [0.1, 0.15) is 11.3 Å². The standard InChI is InChI=1S/C19H18F2N4O/c1-25(2)11-19(26)22-18-9-14-16(23-24-17(14)10-15(18)21)8-5-12-3-6-13(20)7-4-12/h3-10H,11H2,1-2H3,(H,22,26)(H,23,24). The van der Waals surface area contributed by atoms with Gasteiger partial charge in [0.15, 0.2) is 0 Å². The number of anilines is 1. The molecule has 5 nitrogen and oxygen atoms in total. The van der Waals surface area contributed by atoms with Gasteiger partial charge >= 0.3 is 0 Å². The first-order valence-electron chi connectivity index (χ1n) is 7.98. The van der Waals surface area contributed by atoms with E-state index in [1.807, 2.05) is 0 Å². The molecule has 0 saturated carbocycles. The second-order valence-electron chi connectivity index (χ2n) is 6.16. The van der Waals surface area contributed by atoms with Crippen LogP contribution in [0.2, 0.25) is 0 Å². The van der Waals surface area contributed by atoms with E-state index in [0.717, 1.165) is 5.56 Å². The van der Waals surface area contributed by atoms with Gasteiger partial charge in [0.2, 0.25) is 5.91 Å². The second-order valence-corrected chi connectivity index (χ2v) is 6.16. The zero-order valence-electron chi connectivity index (χ0n) is 14.4. The molecule has 2 aromatic carbocycles. The SMILES string of the molecule is CN(C)CC(=O)Nc1cc2c(C=Cc3ccc(F)cc3)n[nH]c2cc1F. The van der Waals surface area contributed by atoms with Gasteiger partial charge in [0.1, 0.15) is 11.6 Å². The lowest BCUT2D eigenvalue weighted by Crippen LogP contribution is -2.27. The number of amides is 1. The fraction of sp³-hybridized carbons (Fsp3) is 0.158.